The van der Waals surface area contributed by atoms with Crippen LogP contribution in [0.15, 0.2) is 70.5 Å². The van der Waals surface area contributed by atoms with Crippen molar-refractivity contribution in [2.75, 3.05) is 12.4 Å². The second-order valence-electron chi connectivity index (χ2n) is 8.17. The fourth-order valence-electron chi connectivity index (χ4n) is 3.58. The Balaban J connectivity index is 1.56. The standard InChI is InChI=1S/C26H20Cl2N2O7S2/c1-15(31)29-19-6-8-20(9-7-19)39(34,35)37-24-21(28)11-17(12-22(24)36-2)13-23-25(32)30(26(33)38-23)14-16-4-3-5-18(27)10-16/h3-13H,14H2,1-2H3,(H,29,31)/b23-13-. The first-order valence-corrected chi connectivity index (χ1v) is 14.1. The van der Waals surface area contributed by atoms with E-state index in [9.17, 15) is 22.8 Å². The highest BCUT2D eigenvalue weighted by Crippen LogP contribution is 2.40. The molecule has 0 aromatic heterocycles. The van der Waals surface area contributed by atoms with E-state index in [1.54, 1.807) is 24.3 Å². The fourth-order valence-corrected chi connectivity index (χ4v) is 5.89. The molecule has 3 aromatic carbocycles. The molecule has 0 radical (unpaired) electrons. The van der Waals surface area contributed by atoms with E-state index >= 15 is 0 Å². The molecule has 3 amide bonds. The lowest BCUT2D eigenvalue weighted by Gasteiger charge is -2.14. The average molecular weight is 607 g/mol. The molecule has 202 valence electrons. The molecule has 0 saturated carbocycles. The Hall–Kier alpha value is -3.51. The summed E-state index contributed by atoms with van der Waals surface area (Å²) in [4.78, 5) is 37.7. The van der Waals surface area contributed by atoms with E-state index in [0.29, 0.717) is 21.8 Å². The Kier molecular flexibility index (Phi) is 8.55. The Morgan fingerprint density at radius 3 is 2.44 bits per heavy atom. The zero-order valence-corrected chi connectivity index (χ0v) is 23.6. The quantitative estimate of drug-likeness (QED) is 0.246. The van der Waals surface area contributed by atoms with Crippen molar-refractivity contribution in [1.82, 2.24) is 4.90 Å². The summed E-state index contributed by atoms with van der Waals surface area (Å²) in [6.07, 6.45) is 1.45. The number of nitrogens with one attached hydrogen (secondary N) is 1. The van der Waals surface area contributed by atoms with E-state index in [0.717, 1.165) is 16.7 Å². The van der Waals surface area contributed by atoms with E-state index in [1.807, 2.05) is 0 Å². The normalized spacial score (nSPS) is 14.6. The van der Waals surface area contributed by atoms with Crippen LogP contribution in [0.25, 0.3) is 6.08 Å². The monoisotopic (exact) mass is 606 g/mol. The van der Waals surface area contributed by atoms with Crippen LogP contribution in [0.1, 0.15) is 18.1 Å². The first-order valence-electron chi connectivity index (χ1n) is 11.2. The highest BCUT2D eigenvalue weighted by atomic mass is 35.5. The third-order valence-electron chi connectivity index (χ3n) is 5.31. The number of hydrogen-bond donors (Lipinski definition) is 1. The largest absolute Gasteiger partial charge is 0.493 e. The van der Waals surface area contributed by atoms with Crippen LogP contribution in [0.3, 0.4) is 0 Å². The summed E-state index contributed by atoms with van der Waals surface area (Å²) in [5.74, 6) is -1.06. The number of amides is 3. The Bertz CT molecular complexity index is 1610. The Morgan fingerprint density at radius 1 is 1.08 bits per heavy atom. The molecule has 1 aliphatic heterocycles. The zero-order valence-electron chi connectivity index (χ0n) is 20.4. The number of benzene rings is 3. The smallest absolute Gasteiger partial charge is 0.339 e. The molecular formula is C26H20Cl2N2O7S2. The van der Waals surface area contributed by atoms with Gasteiger partial charge in [-0.05, 0) is 77.5 Å². The van der Waals surface area contributed by atoms with Gasteiger partial charge in [0.15, 0.2) is 5.75 Å². The number of nitrogens with zero attached hydrogens (tertiary/aromatic N) is 1. The summed E-state index contributed by atoms with van der Waals surface area (Å²) >= 11 is 13.1. The molecule has 1 aliphatic rings. The van der Waals surface area contributed by atoms with E-state index in [1.165, 1.54) is 56.5 Å². The topological polar surface area (TPSA) is 119 Å². The van der Waals surface area contributed by atoms with Crippen molar-refractivity contribution >= 4 is 73.9 Å². The highest BCUT2D eigenvalue weighted by Gasteiger charge is 2.35. The van der Waals surface area contributed by atoms with Crippen molar-refractivity contribution in [3.05, 3.63) is 86.7 Å². The van der Waals surface area contributed by atoms with Gasteiger partial charge >= 0.3 is 10.1 Å². The molecule has 0 spiro atoms. The van der Waals surface area contributed by atoms with Crippen LogP contribution in [-0.4, -0.2) is 37.5 Å². The van der Waals surface area contributed by atoms with Crippen molar-refractivity contribution in [1.29, 1.82) is 0 Å². The van der Waals surface area contributed by atoms with E-state index < -0.39 is 21.3 Å². The van der Waals surface area contributed by atoms with Crippen LogP contribution < -0.4 is 14.2 Å². The van der Waals surface area contributed by atoms with Crippen LogP contribution in [-0.2, 0) is 26.3 Å². The van der Waals surface area contributed by atoms with Gasteiger partial charge in [-0.1, -0.05) is 35.3 Å². The number of anilines is 1. The number of imide groups is 1. The molecule has 0 atom stereocenters. The number of carbonyl (C=O) groups excluding carboxylic acids is 3. The summed E-state index contributed by atoms with van der Waals surface area (Å²) in [7, 11) is -3.02. The molecule has 0 aliphatic carbocycles. The second kappa shape index (κ2) is 11.7. The molecule has 1 N–H and O–H groups in total. The number of ether oxygens (including phenoxy) is 1. The number of rotatable bonds is 8. The predicted molar refractivity (Wildman–Crippen MR) is 150 cm³/mol. The number of carbonyl (C=O) groups is 3. The lowest BCUT2D eigenvalue weighted by Crippen LogP contribution is -2.27. The lowest BCUT2D eigenvalue weighted by atomic mass is 10.1. The van der Waals surface area contributed by atoms with Crippen LogP contribution in [0.2, 0.25) is 10.0 Å². The minimum absolute atomic E-state index is 0.00894. The number of hydrogen-bond acceptors (Lipinski definition) is 8. The van der Waals surface area contributed by atoms with Gasteiger partial charge in [0.1, 0.15) is 4.90 Å². The molecule has 1 heterocycles. The summed E-state index contributed by atoms with van der Waals surface area (Å²) in [5, 5.41) is 2.49. The Morgan fingerprint density at radius 2 is 1.79 bits per heavy atom. The molecule has 1 fully saturated rings. The van der Waals surface area contributed by atoms with Gasteiger partial charge < -0.3 is 14.2 Å². The Labute approximate surface area is 238 Å². The van der Waals surface area contributed by atoms with Crippen LogP contribution in [0.4, 0.5) is 10.5 Å². The fraction of sp³-hybridized carbons (Fsp3) is 0.115. The van der Waals surface area contributed by atoms with Crippen molar-refractivity contribution in [3.63, 3.8) is 0 Å². The van der Waals surface area contributed by atoms with E-state index in [4.69, 9.17) is 32.1 Å². The molecule has 3 aromatic rings. The van der Waals surface area contributed by atoms with Crippen molar-refractivity contribution in [3.8, 4) is 11.5 Å². The highest BCUT2D eigenvalue weighted by molar-refractivity contribution is 8.18. The molecule has 0 unspecified atom stereocenters. The number of methoxy groups -OCH3 is 1. The van der Waals surface area contributed by atoms with Crippen LogP contribution >= 0.6 is 35.0 Å². The molecule has 9 nitrogen and oxygen atoms in total. The summed E-state index contributed by atoms with van der Waals surface area (Å²) < 4.78 is 36.3. The summed E-state index contributed by atoms with van der Waals surface area (Å²) in [5.41, 5.74) is 1.50. The summed E-state index contributed by atoms with van der Waals surface area (Å²) in [6, 6.07) is 15.0. The summed E-state index contributed by atoms with van der Waals surface area (Å²) in [6.45, 7) is 1.39. The van der Waals surface area contributed by atoms with Crippen LogP contribution in [0, 0.1) is 0 Å². The first-order chi connectivity index (χ1) is 18.5. The molecule has 1 saturated heterocycles. The minimum atomic E-state index is -4.32. The minimum Gasteiger partial charge on any atom is -0.493 e. The number of thioether (sulfide) groups is 1. The van der Waals surface area contributed by atoms with E-state index in [-0.39, 0.29) is 38.8 Å². The van der Waals surface area contributed by atoms with Gasteiger partial charge in [0.25, 0.3) is 11.1 Å². The van der Waals surface area contributed by atoms with Crippen molar-refractivity contribution in [2.45, 2.75) is 18.4 Å². The second-order valence-corrected chi connectivity index (χ2v) is 11.6. The first kappa shape index (κ1) is 28.5. The number of halogens is 2. The molecule has 0 bridgehead atoms. The SMILES string of the molecule is COc1cc(/C=C2\SC(=O)N(Cc3cccc(Cl)c3)C2=O)cc(Cl)c1OS(=O)(=O)c1ccc(NC(C)=O)cc1. The third-order valence-corrected chi connectivity index (χ3v) is 7.97. The maximum absolute atomic E-state index is 12.9. The van der Waals surface area contributed by atoms with Gasteiger partial charge in [0, 0.05) is 17.6 Å². The van der Waals surface area contributed by atoms with Crippen molar-refractivity contribution in [2.24, 2.45) is 0 Å². The predicted octanol–water partition coefficient (Wildman–Crippen LogP) is 5.96. The van der Waals surface area contributed by atoms with E-state index in [2.05, 4.69) is 5.32 Å². The van der Waals surface area contributed by atoms with Crippen molar-refractivity contribution < 1.29 is 31.7 Å². The van der Waals surface area contributed by atoms with Crippen LogP contribution in [0.5, 0.6) is 11.5 Å². The van der Waals surface area contributed by atoms with Gasteiger partial charge in [-0.15, -0.1) is 0 Å². The van der Waals surface area contributed by atoms with Gasteiger partial charge in [0.2, 0.25) is 11.7 Å². The van der Waals surface area contributed by atoms with Gasteiger partial charge in [-0.3, -0.25) is 19.3 Å². The lowest BCUT2D eigenvalue weighted by molar-refractivity contribution is -0.123. The third kappa shape index (κ3) is 6.74. The molecule has 4 rings (SSSR count). The maximum Gasteiger partial charge on any atom is 0.339 e. The van der Waals surface area contributed by atoms with Gasteiger partial charge in [0.05, 0.1) is 23.6 Å². The van der Waals surface area contributed by atoms with Gasteiger partial charge in [-0.25, -0.2) is 0 Å². The molecule has 39 heavy (non-hydrogen) atoms. The zero-order chi connectivity index (χ0) is 28.3. The molecular weight excluding hydrogens is 587 g/mol. The molecule has 13 heteroatoms. The maximum atomic E-state index is 12.9. The average Bonchev–Trinajstić information content (AvgIpc) is 3.12. The van der Waals surface area contributed by atoms with Gasteiger partial charge in [-0.2, -0.15) is 8.42 Å².